The summed E-state index contributed by atoms with van der Waals surface area (Å²) in [5.74, 6) is 0. The largest absolute Gasteiger partial charge is 0.255 e. The van der Waals surface area contributed by atoms with Crippen LogP contribution in [0.5, 0.6) is 0 Å². The van der Waals surface area contributed by atoms with Crippen LogP contribution in [0.2, 0.25) is 0 Å². The molecule has 4 rings (SSSR count). The van der Waals surface area contributed by atoms with Crippen molar-refractivity contribution in [1.82, 2.24) is 9.97 Å². The summed E-state index contributed by atoms with van der Waals surface area (Å²) in [6.07, 6.45) is 2.47. The quantitative estimate of drug-likeness (QED) is 0.739. The van der Waals surface area contributed by atoms with E-state index in [4.69, 9.17) is 0 Å². The van der Waals surface area contributed by atoms with Crippen LogP contribution >= 0.6 is 0 Å². The van der Waals surface area contributed by atoms with Crippen LogP contribution in [0, 0.1) is 0 Å². The highest BCUT2D eigenvalue weighted by molar-refractivity contribution is 6.19. The molecule has 1 aliphatic rings. The highest BCUT2D eigenvalue weighted by atomic mass is 15.2. The number of rotatable bonds is 3. The molecule has 0 amide bonds. The molecule has 0 saturated heterocycles. The Morgan fingerprint density at radius 1 is 0.609 bits per heavy atom. The highest BCUT2D eigenvalue weighted by Gasteiger charge is 2.17. The van der Waals surface area contributed by atoms with Crippen LogP contribution in [0.1, 0.15) is 17.7 Å². The molecule has 0 unspecified atom stereocenters. The van der Waals surface area contributed by atoms with Crippen molar-refractivity contribution in [2.75, 3.05) is 0 Å². The lowest BCUT2D eigenvalue weighted by Crippen LogP contribution is -2.07. The Labute approximate surface area is 134 Å². The van der Waals surface area contributed by atoms with Crippen molar-refractivity contribution < 1.29 is 0 Å². The molecule has 2 aromatic heterocycles. The lowest BCUT2D eigenvalue weighted by atomic mass is 10.0. The summed E-state index contributed by atoms with van der Waals surface area (Å²) in [4.78, 5) is 9.03. The molecule has 0 spiro atoms. The zero-order valence-electron chi connectivity index (χ0n) is 12.4. The molecule has 3 heterocycles. The second-order valence-corrected chi connectivity index (χ2v) is 5.26. The first-order valence-corrected chi connectivity index (χ1v) is 7.48. The Bertz CT molecular complexity index is 884. The maximum atomic E-state index is 4.69. The molecular weight excluding hydrogens is 284 g/mol. The van der Waals surface area contributed by atoms with Crippen molar-refractivity contribution in [1.29, 1.82) is 0 Å². The first kappa shape index (κ1) is 13.5. The van der Waals surface area contributed by atoms with Gasteiger partial charge in [0.2, 0.25) is 0 Å². The minimum Gasteiger partial charge on any atom is -0.255 e. The average molecular weight is 298 g/mol. The summed E-state index contributed by atoms with van der Waals surface area (Å²) in [5.41, 5.74) is 5.53. The van der Waals surface area contributed by atoms with E-state index < -0.39 is 0 Å². The van der Waals surface area contributed by atoms with Gasteiger partial charge in [-0.25, -0.2) is 4.98 Å². The molecule has 4 nitrogen and oxygen atoms in total. The van der Waals surface area contributed by atoms with E-state index in [1.807, 2.05) is 54.6 Å². The summed E-state index contributed by atoms with van der Waals surface area (Å²) in [6, 6.07) is 21.8. The fourth-order valence-electron chi connectivity index (χ4n) is 2.53. The van der Waals surface area contributed by atoms with Crippen LogP contribution in [0.4, 0.5) is 0 Å². The van der Waals surface area contributed by atoms with Gasteiger partial charge < -0.3 is 0 Å². The summed E-state index contributed by atoms with van der Waals surface area (Å²) in [5, 5.41) is 8.64. The predicted molar refractivity (Wildman–Crippen MR) is 91.6 cm³/mol. The van der Waals surface area contributed by atoms with Gasteiger partial charge in [-0.05, 0) is 29.8 Å². The normalized spacial score (nSPS) is 13.6. The van der Waals surface area contributed by atoms with Gasteiger partial charge in [0.1, 0.15) is 0 Å². The minimum atomic E-state index is 0.697. The molecule has 1 aromatic carbocycles. The zero-order chi connectivity index (χ0) is 15.5. The van der Waals surface area contributed by atoms with Crippen molar-refractivity contribution in [2.45, 2.75) is 6.42 Å². The van der Waals surface area contributed by atoms with Crippen LogP contribution in [0.25, 0.3) is 11.4 Å². The standard InChI is InChI=1S/C19H14N4/c1-2-7-14(8-3-1)18-13-19(23-22-18)17-11-6-10-16(21-17)15-9-4-5-12-20-15/h1-12H,13H2. The van der Waals surface area contributed by atoms with E-state index in [2.05, 4.69) is 32.3 Å². The highest BCUT2D eigenvalue weighted by Crippen LogP contribution is 2.18. The van der Waals surface area contributed by atoms with Crippen LogP contribution in [-0.4, -0.2) is 21.4 Å². The summed E-state index contributed by atoms with van der Waals surface area (Å²) in [6.45, 7) is 0. The lowest BCUT2D eigenvalue weighted by molar-refractivity contribution is 1.21. The Morgan fingerprint density at radius 2 is 1.35 bits per heavy atom. The van der Waals surface area contributed by atoms with Gasteiger partial charge in [0.05, 0.1) is 28.5 Å². The maximum Gasteiger partial charge on any atom is 0.0947 e. The van der Waals surface area contributed by atoms with Crippen molar-refractivity contribution >= 4 is 11.4 Å². The maximum absolute atomic E-state index is 4.69. The lowest BCUT2D eigenvalue weighted by Gasteiger charge is -2.04. The minimum absolute atomic E-state index is 0.697. The molecule has 110 valence electrons. The monoisotopic (exact) mass is 298 g/mol. The van der Waals surface area contributed by atoms with Gasteiger partial charge in [-0.1, -0.05) is 42.5 Å². The van der Waals surface area contributed by atoms with Gasteiger partial charge in [-0.3, -0.25) is 4.98 Å². The SMILES string of the molecule is c1ccc(C2=NN=C(c3cccc(-c4ccccn4)n3)C2)cc1. The van der Waals surface area contributed by atoms with E-state index in [0.717, 1.165) is 34.1 Å². The second kappa shape index (κ2) is 5.93. The third-order valence-electron chi connectivity index (χ3n) is 3.71. The van der Waals surface area contributed by atoms with Gasteiger partial charge in [-0.2, -0.15) is 10.2 Å². The molecule has 1 aliphatic heterocycles. The van der Waals surface area contributed by atoms with Crippen LogP contribution in [0.3, 0.4) is 0 Å². The van der Waals surface area contributed by atoms with Gasteiger partial charge in [0, 0.05) is 12.6 Å². The first-order chi connectivity index (χ1) is 11.4. The van der Waals surface area contributed by atoms with E-state index in [0.29, 0.717) is 6.42 Å². The molecular formula is C19H14N4. The molecule has 0 radical (unpaired) electrons. The molecule has 0 saturated carbocycles. The Kier molecular flexibility index (Phi) is 3.48. The number of nitrogens with zero attached hydrogens (tertiary/aromatic N) is 4. The fraction of sp³-hybridized carbons (Fsp3) is 0.0526. The number of pyridine rings is 2. The molecule has 3 aromatic rings. The van der Waals surface area contributed by atoms with Crippen LogP contribution < -0.4 is 0 Å². The van der Waals surface area contributed by atoms with E-state index in [1.54, 1.807) is 6.20 Å². The molecule has 0 aliphatic carbocycles. The summed E-state index contributed by atoms with van der Waals surface area (Å²) < 4.78 is 0. The zero-order valence-corrected chi connectivity index (χ0v) is 12.4. The number of benzene rings is 1. The third kappa shape index (κ3) is 2.79. The van der Waals surface area contributed by atoms with Crippen molar-refractivity contribution in [3.05, 3.63) is 84.2 Å². The number of aromatic nitrogens is 2. The van der Waals surface area contributed by atoms with Crippen molar-refractivity contribution in [3.63, 3.8) is 0 Å². The van der Waals surface area contributed by atoms with Crippen LogP contribution in [0.15, 0.2) is 83.1 Å². The second-order valence-electron chi connectivity index (χ2n) is 5.26. The smallest absolute Gasteiger partial charge is 0.0947 e. The molecule has 0 N–H and O–H groups in total. The van der Waals surface area contributed by atoms with E-state index in [1.165, 1.54) is 0 Å². The van der Waals surface area contributed by atoms with E-state index >= 15 is 0 Å². The molecule has 4 heteroatoms. The number of hydrogen-bond acceptors (Lipinski definition) is 4. The van der Waals surface area contributed by atoms with Gasteiger partial charge in [0.25, 0.3) is 0 Å². The molecule has 23 heavy (non-hydrogen) atoms. The first-order valence-electron chi connectivity index (χ1n) is 7.48. The van der Waals surface area contributed by atoms with Gasteiger partial charge >= 0.3 is 0 Å². The fourth-order valence-corrected chi connectivity index (χ4v) is 2.53. The van der Waals surface area contributed by atoms with Crippen LogP contribution in [-0.2, 0) is 0 Å². The Balaban J connectivity index is 1.59. The third-order valence-corrected chi connectivity index (χ3v) is 3.71. The average Bonchev–Trinajstić information content (AvgIpc) is 3.14. The van der Waals surface area contributed by atoms with Gasteiger partial charge in [0.15, 0.2) is 0 Å². The number of hydrogen-bond donors (Lipinski definition) is 0. The molecule has 0 atom stereocenters. The van der Waals surface area contributed by atoms with E-state index in [-0.39, 0.29) is 0 Å². The predicted octanol–water partition coefficient (Wildman–Crippen LogP) is 3.74. The Morgan fingerprint density at radius 3 is 2.17 bits per heavy atom. The summed E-state index contributed by atoms with van der Waals surface area (Å²) >= 11 is 0. The molecule has 0 bridgehead atoms. The summed E-state index contributed by atoms with van der Waals surface area (Å²) in [7, 11) is 0. The van der Waals surface area contributed by atoms with Crippen molar-refractivity contribution in [3.8, 4) is 11.4 Å². The molecule has 0 fully saturated rings. The van der Waals surface area contributed by atoms with E-state index in [9.17, 15) is 0 Å². The topological polar surface area (TPSA) is 50.5 Å². The van der Waals surface area contributed by atoms with Gasteiger partial charge in [-0.15, -0.1) is 0 Å². The van der Waals surface area contributed by atoms with Crippen molar-refractivity contribution in [2.24, 2.45) is 10.2 Å². The Hall–Kier alpha value is -3.14.